The van der Waals surface area contributed by atoms with Crippen LogP contribution in [0.15, 0.2) is 52.0 Å². The van der Waals surface area contributed by atoms with Crippen LogP contribution in [0.1, 0.15) is 22.8 Å². The molecule has 2 aromatic carbocycles. The van der Waals surface area contributed by atoms with Gasteiger partial charge in [0.2, 0.25) is 0 Å². The Labute approximate surface area is 141 Å². The van der Waals surface area contributed by atoms with Crippen LogP contribution in [0.2, 0.25) is 10.0 Å². The Morgan fingerprint density at radius 1 is 1.14 bits per heavy atom. The molecule has 0 unspecified atom stereocenters. The summed E-state index contributed by atoms with van der Waals surface area (Å²) in [5.41, 5.74) is 4.27. The quantitative estimate of drug-likeness (QED) is 0.591. The minimum Gasteiger partial charge on any atom is -0.267 e. The van der Waals surface area contributed by atoms with Gasteiger partial charge < -0.3 is 0 Å². The average molecular weight is 386 g/mol. The summed E-state index contributed by atoms with van der Waals surface area (Å²) in [6.07, 6.45) is 0. The number of hydrazone groups is 1. The van der Waals surface area contributed by atoms with Gasteiger partial charge in [0.1, 0.15) is 0 Å². The number of carbonyl (C=O) groups is 1. The fourth-order valence-electron chi connectivity index (χ4n) is 1.64. The largest absolute Gasteiger partial charge is 0.271 e. The molecular formula is C15H11BrCl2N2O. The van der Waals surface area contributed by atoms with Crippen LogP contribution in [0.4, 0.5) is 0 Å². The Balaban J connectivity index is 2.14. The van der Waals surface area contributed by atoms with E-state index in [-0.39, 0.29) is 5.91 Å². The van der Waals surface area contributed by atoms with E-state index in [1.165, 1.54) is 0 Å². The Morgan fingerprint density at radius 2 is 1.81 bits per heavy atom. The third kappa shape index (κ3) is 4.30. The van der Waals surface area contributed by atoms with E-state index in [0.717, 1.165) is 4.47 Å². The van der Waals surface area contributed by atoms with Crippen molar-refractivity contribution in [1.29, 1.82) is 0 Å². The summed E-state index contributed by atoms with van der Waals surface area (Å²) >= 11 is 15.3. The summed E-state index contributed by atoms with van der Waals surface area (Å²) in [6, 6.07) is 12.1. The topological polar surface area (TPSA) is 41.5 Å². The van der Waals surface area contributed by atoms with Gasteiger partial charge in [0.05, 0.1) is 5.71 Å². The molecule has 0 bridgehead atoms. The highest BCUT2D eigenvalue weighted by molar-refractivity contribution is 9.10. The van der Waals surface area contributed by atoms with Gasteiger partial charge in [-0.2, -0.15) is 5.10 Å². The molecule has 0 aliphatic carbocycles. The van der Waals surface area contributed by atoms with Gasteiger partial charge in [-0.15, -0.1) is 0 Å². The fraction of sp³-hybridized carbons (Fsp3) is 0.0667. The number of rotatable bonds is 3. The second-order valence-electron chi connectivity index (χ2n) is 4.27. The lowest BCUT2D eigenvalue weighted by atomic mass is 10.1. The lowest BCUT2D eigenvalue weighted by molar-refractivity contribution is 0.0955. The van der Waals surface area contributed by atoms with Crippen LogP contribution < -0.4 is 5.43 Å². The van der Waals surface area contributed by atoms with E-state index in [0.29, 0.717) is 26.9 Å². The number of amides is 1. The predicted molar refractivity (Wildman–Crippen MR) is 90.3 cm³/mol. The van der Waals surface area contributed by atoms with Crippen molar-refractivity contribution in [3.63, 3.8) is 0 Å². The molecule has 0 heterocycles. The molecule has 1 amide bonds. The monoisotopic (exact) mass is 384 g/mol. The van der Waals surface area contributed by atoms with Crippen molar-refractivity contribution < 1.29 is 4.79 Å². The molecule has 0 atom stereocenters. The first-order valence-electron chi connectivity index (χ1n) is 6.03. The van der Waals surface area contributed by atoms with E-state index in [1.807, 2.05) is 0 Å². The SMILES string of the molecule is C/C(=N/NC(=O)c1ccc(Br)cc1)c1cc(Cl)ccc1Cl. The standard InChI is InChI=1S/C15H11BrCl2N2O/c1-9(13-8-12(17)6-7-14(13)18)19-20-15(21)10-2-4-11(16)5-3-10/h2-8H,1H3,(H,20,21)/b19-9-. The summed E-state index contributed by atoms with van der Waals surface area (Å²) in [6.45, 7) is 1.75. The highest BCUT2D eigenvalue weighted by atomic mass is 79.9. The van der Waals surface area contributed by atoms with Crippen LogP contribution in [0, 0.1) is 0 Å². The van der Waals surface area contributed by atoms with Crippen LogP contribution in [0.25, 0.3) is 0 Å². The molecule has 0 aliphatic heterocycles. The molecule has 2 rings (SSSR count). The Bertz CT molecular complexity index is 699. The summed E-state index contributed by atoms with van der Waals surface area (Å²) in [5.74, 6) is -0.292. The second kappa shape index (κ2) is 7.07. The third-order valence-corrected chi connectivity index (χ3v) is 3.84. The van der Waals surface area contributed by atoms with Crippen molar-refractivity contribution in [2.75, 3.05) is 0 Å². The maximum absolute atomic E-state index is 12.0. The first-order chi connectivity index (χ1) is 9.97. The highest BCUT2D eigenvalue weighted by Gasteiger charge is 2.07. The molecule has 108 valence electrons. The van der Waals surface area contributed by atoms with E-state index >= 15 is 0 Å². The molecule has 0 saturated heterocycles. The van der Waals surface area contributed by atoms with Crippen molar-refractivity contribution in [3.05, 3.63) is 68.1 Å². The van der Waals surface area contributed by atoms with Crippen molar-refractivity contribution in [3.8, 4) is 0 Å². The van der Waals surface area contributed by atoms with Gasteiger partial charge in [0, 0.05) is 25.6 Å². The molecule has 0 aliphatic rings. The van der Waals surface area contributed by atoms with Gasteiger partial charge in [-0.3, -0.25) is 4.79 Å². The Kier molecular flexibility index (Phi) is 5.39. The summed E-state index contributed by atoms with van der Waals surface area (Å²) < 4.78 is 0.907. The van der Waals surface area contributed by atoms with Gasteiger partial charge in [0.15, 0.2) is 0 Å². The molecule has 0 spiro atoms. The minimum atomic E-state index is -0.292. The number of hydrogen-bond donors (Lipinski definition) is 1. The number of nitrogens with one attached hydrogen (secondary N) is 1. The number of benzene rings is 2. The fourth-order valence-corrected chi connectivity index (χ4v) is 2.33. The van der Waals surface area contributed by atoms with Crippen LogP contribution in [0.3, 0.4) is 0 Å². The lowest BCUT2D eigenvalue weighted by Gasteiger charge is -2.05. The van der Waals surface area contributed by atoms with Gasteiger partial charge in [0.25, 0.3) is 5.91 Å². The zero-order chi connectivity index (χ0) is 15.4. The number of nitrogens with zero attached hydrogens (tertiary/aromatic N) is 1. The third-order valence-electron chi connectivity index (χ3n) is 2.75. The summed E-state index contributed by atoms with van der Waals surface area (Å²) in [7, 11) is 0. The molecule has 0 radical (unpaired) electrons. The van der Waals surface area contributed by atoms with Crippen molar-refractivity contribution >= 4 is 50.8 Å². The second-order valence-corrected chi connectivity index (χ2v) is 6.03. The predicted octanol–water partition coefficient (Wildman–Crippen LogP) is 4.91. The molecule has 1 N–H and O–H groups in total. The maximum atomic E-state index is 12.0. The lowest BCUT2D eigenvalue weighted by Crippen LogP contribution is -2.19. The van der Waals surface area contributed by atoms with Gasteiger partial charge in [-0.05, 0) is 49.4 Å². The molecule has 0 saturated carbocycles. The Morgan fingerprint density at radius 3 is 2.48 bits per heavy atom. The highest BCUT2D eigenvalue weighted by Crippen LogP contribution is 2.21. The zero-order valence-electron chi connectivity index (χ0n) is 11.0. The normalized spacial score (nSPS) is 11.3. The first-order valence-corrected chi connectivity index (χ1v) is 7.58. The molecule has 21 heavy (non-hydrogen) atoms. The summed E-state index contributed by atoms with van der Waals surface area (Å²) in [5, 5.41) is 5.14. The molecule has 0 fully saturated rings. The molecule has 0 aromatic heterocycles. The summed E-state index contributed by atoms with van der Waals surface area (Å²) in [4.78, 5) is 12.0. The molecule has 3 nitrogen and oxygen atoms in total. The van der Waals surface area contributed by atoms with E-state index < -0.39 is 0 Å². The van der Waals surface area contributed by atoms with E-state index in [4.69, 9.17) is 23.2 Å². The Hall–Kier alpha value is -1.36. The number of carbonyl (C=O) groups excluding carboxylic acids is 1. The van der Waals surface area contributed by atoms with E-state index in [2.05, 4.69) is 26.5 Å². The van der Waals surface area contributed by atoms with Crippen molar-refractivity contribution in [2.45, 2.75) is 6.92 Å². The molecule has 6 heteroatoms. The van der Waals surface area contributed by atoms with Crippen molar-refractivity contribution in [1.82, 2.24) is 5.43 Å². The molecular weight excluding hydrogens is 375 g/mol. The average Bonchev–Trinajstić information content (AvgIpc) is 2.47. The number of hydrogen-bond acceptors (Lipinski definition) is 2. The van der Waals surface area contributed by atoms with Gasteiger partial charge in [-0.25, -0.2) is 5.43 Å². The van der Waals surface area contributed by atoms with Crippen LogP contribution in [-0.4, -0.2) is 11.6 Å². The van der Waals surface area contributed by atoms with E-state index in [9.17, 15) is 4.79 Å². The van der Waals surface area contributed by atoms with Crippen molar-refractivity contribution in [2.24, 2.45) is 5.10 Å². The molecule has 2 aromatic rings. The van der Waals surface area contributed by atoms with E-state index in [1.54, 1.807) is 49.4 Å². The van der Waals surface area contributed by atoms with Gasteiger partial charge in [-0.1, -0.05) is 39.1 Å². The van der Waals surface area contributed by atoms with Crippen LogP contribution in [-0.2, 0) is 0 Å². The van der Waals surface area contributed by atoms with Crippen LogP contribution >= 0.6 is 39.1 Å². The maximum Gasteiger partial charge on any atom is 0.271 e. The smallest absolute Gasteiger partial charge is 0.267 e. The van der Waals surface area contributed by atoms with Crippen LogP contribution in [0.5, 0.6) is 0 Å². The van der Waals surface area contributed by atoms with Gasteiger partial charge >= 0.3 is 0 Å². The minimum absolute atomic E-state index is 0.292. The first kappa shape index (κ1) is 16.0. The zero-order valence-corrected chi connectivity index (χ0v) is 14.1. The number of halogens is 3.